The number of sulfonamides is 1. The van der Waals surface area contributed by atoms with E-state index in [0.717, 1.165) is 30.5 Å². The van der Waals surface area contributed by atoms with Crippen molar-refractivity contribution in [3.8, 4) is 0 Å². The summed E-state index contributed by atoms with van der Waals surface area (Å²) >= 11 is 0. The van der Waals surface area contributed by atoms with Crippen LogP contribution in [0.3, 0.4) is 0 Å². The van der Waals surface area contributed by atoms with Crippen LogP contribution in [0.4, 0.5) is 5.69 Å². The molecule has 0 amide bonds. The minimum Gasteiger partial charge on any atom is -0.388 e. The summed E-state index contributed by atoms with van der Waals surface area (Å²) in [4.78, 5) is 0.404. The summed E-state index contributed by atoms with van der Waals surface area (Å²) in [6.07, 6.45) is 3.06. The molecule has 100 valence electrons. The Bertz CT molecular complexity index is 520. The molecule has 1 aromatic carbocycles. The van der Waals surface area contributed by atoms with Gasteiger partial charge in [0.2, 0.25) is 10.0 Å². The van der Waals surface area contributed by atoms with Gasteiger partial charge in [-0.05, 0) is 43.5 Å². The maximum atomic E-state index is 12.4. The van der Waals surface area contributed by atoms with Crippen LogP contribution in [-0.4, -0.2) is 32.9 Å². The normalized spacial score (nSPS) is 17.7. The van der Waals surface area contributed by atoms with Crippen molar-refractivity contribution in [1.29, 1.82) is 0 Å². The van der Waals surface area contributed by atoms with Crippen molar-refractivity contribution in [2.24, 2.45) is 0 Å². The smallest absolute Gasteiger partial charge is 0.243 e. The Morgan fingerprint density at radius 1 is 1.17 bits per heavy atom. The largest absolute Gasteiger partial charge is 0.388 e. The van der Waals surface area contributed by atoms with Crippen LogP contribution in [0, 0.1) is 6.92 Å². The minimum atomic E-state index is -3.30. The summed E-state index contributed by atoms with van der Waals surface area (Å²) in [5.74, 6) is 0. The lowest BCUT2D eigenvalue weighted by atomic mass is 10.2. The zero-order valence-electron chi connectivity index (χ0n) is 10.9. The number of nitrogens with one attached hydrogen (secondary N) is 1. The zero-order chi connectivity index (χ0) is 13.2. The number of anilines is 1. The molecule has 0 aliphatic carbocycles. The highest BCUT2D eigenvalue weighted by molar-refractivity contribution is 7.89. The van der Waals surface area contributed by atoms with Gasteiger partial charge in [0.15, 0.2) is 0 Å². The Morgan fingerprint density at radius 2 is 1.83 bits per heavy atom. The van der Waals surface area contributed by atoms with Crippen LogP contribution in [0.25, 0.3) is 0 Å². The van der Waals surface area contributed by atoms with Crippen molar-refractivity contribution in [2.45, 2.75) is 31.1 Å². The number of piperidine rings is 1. The third kappa shape index (κ3) is 2.52. The van der Waals surface area contributed by atoms with Gasteiger partial charge in [-0.1, -0.05) is 6.42 Å². The second-order valence-electron chi connectivity index (χ2n) is 4.69. The second-order valence-corrected chi connectivity index (χ2v) is 6.63. The fraction of sp³-hybridized carbons (Fsp3) is 0.538. The van der Waals surface area contributed by atoms with Gasteiger partial charge >= 0.3 is 0 Å². The predicted octanol–water partition coefficient (Wildman–Crippen LogP) is 2.21. The Labute approximate surface area is 109 Å². The molecule has 5 heteroatoms. The lowest BCUT2D eigenvalue weighted by molar-refractivity contribution is 0.346. The molecule has 0 aromatic heterocycles. The molecule has 4 nitrogen and oxygen atoms in total. The van der Waals surface area contributed by atoms with Crippen molar-refractivity contribution in [2.75, 3.05) is 25.5 Å². The van der Waals surface area contributed by atoms with Gasteiger partial charge in [-0.15, -0.1) is 0 Å². The summed E-state index contributed by atoms with van der Waals surface area (Å²) < 4.78 is 26.5. The van der Waals surface area contributed by atoms with Gasteiger partial charge in [0.1, 0.15) is 0 Å². The van der Waals surface area contributed by atoms with Crippen LogP contribution in [0.2, 0.25) is 0 Å². The highest BCUT2D eigenvalue weighted by Crippen LogP contribution is 2.24. The average molecular weight is 268 g/mol. The summed E-state index contributed by atoms with van der Waals surface area (Å²) in [6.45, 7) is 3.21. The minimum absolute atomic E-state index is 0.404. The van der Waals surface area contributed by atoms with E-state index in [2.05, 4.69) is 5.32 Å². The molecule has 0 radical (unpaired) electrons. The summed E-state index contributed by atoms with van der Waals surface area (Å²) in [7, 11) is -1.47. The van der Waals surface area contributed by atoms with Crippen molar-refractivity contribution in [1.82, 2.24) is 4.31 Å². The maximum Gasteiger partial charge on any atom is 0.243 e. The topological polar surface area (TPSA) is 49.4 Å². The molecule has 1 aromatic rings. The first-order chi connectivity index (χ1) is 8.55. The Kier molecular flexibility index (Phi) is 3.92. The van der Waals surface area contributed by atoms with Crippen LogP contribution in [0.1, 0.15) is 24.8 Å². The van der Waals surface area contributed by atoms with E-state index in [1.54, 1.807) is 16.4 Å². The fourth-order valence-electron chi connectivity index (χ4n) is 2.33. The van der Waals surface area contributed by atoms with Crippen molar-refractivity contribution in [3.05, 3.63) is 23.8 Å². The molecule has 0 spiro atoms. The molecule has 0 bridgehead atoms. The summed E-state index contributed by atoms with van der Waals surface area (Å²) in [5, 5.41) is 3.05. The van der Waals surface area contributed by atoms with E-state index >= 15 is 0 Å². The molecule has 18 heavy (non-hydrogen) atoms. The fourth-order valence-corrected chi connectivity index (χ4v) is 3.93. The number of benzene rings is 1. The molecule has 1 fully saturated rings. The highest BCUT2D eigenvalue weighted by atomic mass is 32.2. The Balaban J connectivity index is 2.32. The van der Waals surface area contributed by atoms with Crippen molar-refractivity contribution < 1.29 is 8.42 Å². The van der Waals surface area contributed by atoms with Gasteiger partial charge in [-0.25, -0.2) is 8.42 Å². The average Bonchev–Trinajstić information content (AvgIpc) is 2.39. The molecule has 1 aliphatic rings. The van der Waals surface area contributed by atoms with E-state index in [9.17, 15) is 8.42 Å². The first-order valence-corrected chi connectivity index (χ1v) is 7.78. The molecular weight excluding hydrogens is 248 g/mol. The highest BCUT2D eigenvalue weighted by Gasteiger charge is 2.25. The molecule has 1 heterocycles. The predicted molar refractivity (Wildman–Crippen MR) is 73.3 cm³/mol. The molecule has 1 aliphatic heterocycles. The van der Waals surface area contributed by atoms with Crippen molar-refractivity contribution in [3.63, 3.8) is 0 Å². The number of hydrogen-bond donors (Lipinski definition) is 1. The summed E-state index contributed by atoms with van der Waals surface area (Å²) in [5.41, 5.74) is 1.92. The zero-order valence-corrected chi connectivity index (χ0v) is 11.8. The molecule has 0 unspecified atom stereocenters. The van der Waals surface area contributed by atoms with Gasteiger partial charge in [0.05, 0.1) is 4.90 Å². The van der Waals surface area contributed by atoms with Gasteiger partial charge in [0.25, 0.3) is 0 Å². The van der Waals surface area contributed by atoms with E-state index in [1.807, 2.05) is 20.0 Å². The van der Waals surface area contributed by atoms with E-state index in [0.29, 0.717) is 18.0 Å². The van der Waals surface area contributed by atoms with Crippen LogP contribution >= 0.6 is 0 Å². The van der Waals surface area contributed by atoms with Crippen LogP contribution in [-0.2, 0) is 10.0 Å². The molecule has 1 saturated heterocycles. The van der Waals surface area contributed by atoms with E-state index in [1.165, 1.54) is 0 Å². The first kappa shape index (κ1) is 13.4. The summed E-state index contributed by atoms with van der Waals surface area (Å²) in [6, 6.07) is 5.25. The van der Waals surface area contributed by atoms with Gasteiger partial charge in [0, 0.05) is 25.8 Å². The number of nitrogens with zero attached hydrogens (tertiary/aromatic N) is 1. The van der Waals surface area contributed by atoms with E-state index in [-0.39, 0.29) is 0 Å². The first-order valence-electron chi connectivity index (χ1n) is 6.34. The van der Waals surface area contributed by atoms with Crippen molar-refractivity contribution >= 4 is 15.7 Å². The number of aryl methyl sites for hydroxylation is 1. The molecule has 1 N–H and O–H groups in total. The lowest BCUT2D eigenvalue weighted by Crippen LogP contribution is -2.35. The van der Waals surface area contributed by atoms with Crippen LogP contribution in [0.5, 0.6) is 0 Å². The third-order valence-corrected chi connectivity index (χ3v) is 5.31. The second kappa shape index (κ2) is 5.28. The quantitative estimate of drug-likeness (QED) is 0.914. The van der Waals surface area contributed by atoms with Gasteiger partial charge in [-0.3, -0.25) is 0 Å². The van der Waals surface area contributed by atoms with Gasteiger partial charge in [-0.2, -0.15) is 4.31 Å². The molecular formula is C13H20N2O2S. The Morgan fingerprint density at radius 3 is 2.39 bits per heavy atom. The van der Waals surface area contributed by atoms with Gasteiger partial charge < -0.3 is 5.32 Å². The van der Waals surface area contributed by atoms with E-state index in [4.69, 9.17) is 0 Å². The monoisotopic (exact) mass is 268 g/mol. The Hall–Kier alpha value is -1.07. The lowest BCUT2D eigenvalue weighted by Gasteiger charge is -2.26. The van der Waals surface area contributed by atoms with E-state index < -0.39 is 10.0 Å². The number of rotatable bonds is 3. The molecule has 2 rings (SSSR count). The molecule has 0 saturated carbocycles. The molecule has 0 atom stereocenters. The van der Waals surface area contributed by atoms with Crippen LogP contribution < -0.4 is 5.32 Å². The van der Waals surface area contributed by atoms with Crippen LogP contribution in [0.15, 0.2) is 23.1 Å². The SMILES string of the molecule is CNc1ccc(S(=O)(=O)N2CCCCC2)cc1C. The maximum absolute atomic E-state index is 12.4. The third-order valence-electron chi connectivity index (χ3n) is 3.42. The standard InChI is InChI=1S/C13H20N2O2S/c1-11-10-12(6-7-13(11)14-2)18(16,17)15-8-4-3-5-9-15/h6-7,10,14H,3-5,8-9H2,1-2H3. The number of hydrogen-bond acceptors (Lipinski definition) is 3.